The molecule has 1 unspecified atom stereocenters. The van der Waals surface area contributed by atoms with Crippen molar-refractivity contribution in [3.63, 3.8) is 0 Å². The van der Waals surface area contributed by atoms with Crippen LogP contribution in [0.15, 0.2) is 60.8 Å². The highest BCUT2D eigenvalue weighted by molar-refractivity contribution is 5.81. The topological polar surface area (TPSA) is 33.1 Å². The molecule has 2 nitrogen and oxygen atoms in total. The number of hydrogen-bond acceptors (Lipinski definition) is 2. The Morgan fingerprint density at radius 1 is 1.00 bits per heavy atom. The van der Waals surface area contributed by atoms with Gasteiger partial charge >= 0.3 is 0 Å². The lowest BCUT2D eigenvalue weighted by molar-refractivity contribution is 0.174. The molecule has 1 aromatic heterocycles. The zero-order chi connectivity index (χ0) is 13.9. The van der Waals surface area contributed by atoms with E-state index in [-0.39, 0.29) is 5.82 Å². The standard InChI is InChI=1S/C17H14FNO/c18-15-7-3-1-6-14(15)17(20)11-12-9-10-19-16-8-4-2-5-13(12)16/h1-10,17,20H,11H2. The lowest BCUT2D eigenvalue weighted by Crippen LogP contribution is -2.04. The lowest BCUT2D eigenvalue weighted by Gasteiger charge is -2.13. The summed E-state index contributed by atoms with van der Waals surface area (Å²) in [7, 11) is 0. The monoisotopic (exact) mass is 267 g/mol. The Morgan fingerprint density at radius 2 is 1.75 bits per heavy atom. The van der Waals surface area contributed by atoms with Gasteiger partial charge in [-0.25, -0.2) is 4.39 Å². The first-order chi connectivity index (χ1) is 9.75. The second-order valence-corrected chi connectivity index (χ2v) is 4.73. The molecule has 100 valence electrons. The van der Waals surface area contributed by atoms with E-state index < -0.39 is 6.10 Å². The molecule has 0 radical (unpaired) electrons. The predicted octanol–water partition coefficient (Wildman–Crippen LogP) is 3.65. The molecular weight excluding hydrogens is 253 g/mol. The summed E-state index contributed by atoms with van der Waals surface area (Å²) in [6.07, 6.45) is 1.22. The molecule has 0 spiro atoms. The van der Waals surface area contributed by atoms with Crippen LogP contribution in [0.5, 0.6) is 0 Å². The summed E-state index contributed by atoms with van der Waals surface area (Å²) in [5, 5.41) is 11.2. The summed E-state index contributed by atoms with van der Waals surface area (Å²) in [6, 6.07) is 15.9. The number of halogens is 1. The van der Waals surface area contributed by atoms with Crippen molar-refractivity contribution in [2.75, 3.05) is 0 Å². The summed E-state index contributed by atoms with van der Waals surface area (Å²) in [5.74, 6) is -0.377. The molecule has 0 saturated carbocycles. The quantitative estimate of drug-likeness (QED) is 0.785. The number of nitrogens with zero attached hydrogens (tertiary/aromatic N) is 1. The normalized spacial score (nSPS) is 12.5. The number of aliphatic hydroxyl groups is 1. The largest absolute Gasteiger partial charge is 0.388 e. The molecule has 0 bridgehead atoms. The number of rotatable bonds is 3. The summed E-state index contributed by atoms with van der Waals surface area (Å²) < 4.78 is 13.7. The second-order valence-electron chi connectivity index (χ2n) is 4.73. The fraction of sp³-hybridized carbons (Fsp3) is 0.118. The fourth-order valence-electron chi connectivity index (χ4n) is 2.40. The third-order valence-electron chi connectivity index (χ3n) is 3.42. The molecule has 1 atom stereocenters. The van der Waals surface area contributed by atoms with Gasteiger partial charge in [0.05, 0.1) is 11.6 Å². The van der Waals surface area contributed by atoms with Crippen LogP contribution in [0.2, 0.25) is 0 Å². The van der Waals surface area contributed by atoms with Crippen LogP contribution < -0.4 is 0 Å². The minimum Gasteiger partial charge on any atom is -0.388 e. The number of para-hydroxylation sites is 1. The molecule has 0 fully saturated rings. The van der Waals surface area contributed by atoms with Crippen LogP contribution in [0.25, 0.3) is 10.9 Å². The van der Waals surface area contributed by atoms with Gasteiger partial charge in [0.15, 0.2) is 0 Å². The van der Waals surface area contributed by atoms with E-state index >= 15 is 0 Å². The minimum absolute atomic E-state index is 0.327. The van der Waals surface area contributed by atoms with Gasteiger partial charge in [-0.15, -0.1) is 0 Å². The van der Waals surface area contributed by atoms with Crippen molar-refractivity contribution in [3.05, 3.63) is 77.7 Å². The molecule has 0 amide bonds. The van der Waals surface area contributed by atoms with E-state index in [9.17, 15) is 9.50 Å². The van der Waals surface area contributed by atoms with Gasteiger partial charge in [0.25, 0.3) is 0 Å². The molecule has 3 rings (SSSR count). The Labute approximate surface area is 116 Å². The summed E-state index contributed by atoms with van der Waals surface area (Å²) in [5.41, 5.74) is 2.17. The number of benzene rings is 2. The van der Waals surface area contributed by atoms with Crippen LogP contribution in [-0.2, 0) is 6.42 Å². The molecule has 0 aliphatic carbocycles. The number of pyridine rings is 1. The molecule has 1 N–H and O–H groups in total. The third kappa shape index (κ3) is 2.40. The number of fused-ring (bicyclic) bond motifs is 1. The minimum atomic E-state index is -0.859. The highest BCUT2D eigenvalue weighted by Crippen LogP contribution is 2.24. The van der Waals surface area contributed by atoms with Gasteiger partial charge in [0.2, 0.25) is 0 Å². The van der Waals surface area contributed by atoms with E-state index in [1.165, 1.54) is 6.07 Å². The Balaban J connectivity index is 1.96. The van der Waals surface area contributed by atoms with Crippen molar-refractivity contribution in [3.8, 4) is 0 Å². The molecule has 0 saturated heterocycles. The van der Waals surface area contributed by atoms with Crippen LogP contribution in [0.1, 0.15) is 17.2 Å². The fourth-order valence-corrected chi connectivity index (χ4v) is 2.40. The van der Waals surface area contributed by atoms with E-state index in [2.05, 4.69) is 4.98 Å². The predicted molar refractivity (Wildman–Crippen MR) is 76.8 cm³/mol. The Kier molecular flexibility index (Phi) is 3.44. The van der Waals surface area contributed by atoms with Crippen molar-refractivity contribution in [1.29, 1.82) is 0 Å². The van der Waals surface area contributed by atoms with E-state index in [0.717, 1.165) is 16.5 Å². The van der Waals surface area contributed by atoms with Crippen molar-refractivity contribution in [2.45, 2.75) is 12.5 Å². The molecule has 3 heteroatoms. The number of aromatic nitrogens is 1. The van der Waals surface area contributed by atoms with Crippen LogP contribution in [0.4, 0.5) is 4.39 Å². The van der Waals surface area contributed by atoms with Crippen molar-refractivity contribution >= 4 is 10.9 Å². The average Bonchev–Trinajstić information content (AvgIpc) is 2.48. The molecule has 2 aromatic carbocycles. The highest BCUT2D eigenvalue weighted by Gasteiger charge is 2.14. The molecule has 20 heavy (non-hydrogen) atoms. The van der Waals surface area contributed by atoms with Gasteiger partial charge < -0.3 is 5.11 Å². The van der Waals surface area contributed by atoms with Crippen molar-refractivity contribution in [1.82, 2.24) is 4.98 Å². The number of aliphatic hydroxyl groups excluding tert-OH is 1. The Hall–Kier alpha value is -2.26. The summed E-state index contributed by atoms with van der Waals surface area (Å²) in [6.45, 7) is 0. The Morgan fingerprint density at radius 3 is 2.60 bits per heavy atom. The maximum Gasteiger partial charge on any atom is 0.129 e. The van der Waals surface area contributed by atoms with Gasteiger partial charge in [-0.2, -0.15) is 0 Å². The summed E-state index contributed by atoms with van der Waals surface area (Å²) >= 11 is 0. The molecule has 0 aliphatic heterocycles. The Bertz CT molecular complexity index is 736. The van der Waals surface area contributed by atoms with Crippen molar-refractivity contribution in [2.24, 2.45) is 0 Å². The van der Waals surface area contributed by atoms with Crippen LogP contribution in [-0.4, -0.2) is 10.1 Å². The van der Waals surface area contributed by atoms with Crippen LogP contribution >= 0.6 is 0 Å². The summed E-state index contributed by atoms with van der Waals surface area (Å²) in [4.78, 5) is 4.28. The molecule has 0 aliphatic rings. The highest BCUT2D eigenvalue weighted by atomic mass is 19.1. The zero-order valence-electron chi connectivity index (χ0n) is 10.8. The average molecular weight is 267 g/mol. The van der Waals surface area contributed by atoms with Gasteiger partial charge in [0.1, 0.15) is 5.82 Å². The van der Waals surface area contributed by atoms with Crippen LogP contribution in [0.3, 0.4) is 0 Å². The van der Waals surface area contributed by atoms with Gasteiger partial charge in [-0.05, 0) is 23.8 Å². The molecule has 1 heterocycles. The van der Waals surface area contributed by atoms with Crippen LogP contribution in [0, 0.1) is 5.82 Å². The first-order valence-corrected chi connectivity index (χ1v) is 6.51. The maximum absolute atomic E-state index is 13.7. The van der Waals surface area contributed by atoms with Gasteiger partial charge in [-0.1, -0.05) is 36.4 Å². The lowest BCUT2D eigenvalue weighted by atomic mass is 9.98. The van der Waals surface area contributed by atoms with Gasteiger partial charge in [0, 0.05) is 23.6 Å². The molecule has 3 aromatic rings. The number of hydrogen-bond donors (Lipinski definition) is 1. The first-order valence-electron chi connectivity index (χ1n) is 6.51. The van der Waals surface area contributed by atoms with E-state index in [0.29, 0.717) is 12.0 Å². The first kappa shape index (κ1) is 12.8. The second kappa shape index (κ2) is 5.39. The van der Waals surface area contributed by atoms with Gasteiger partial charge in [-0.3, -0.25) is 4.98 Å². The van der Waals surface area contributed by atoms with E-state index in [4.69, 9.17) is 0 Å². The van der Waals surface area contributed by atoms with E-state index in [1.54, 1.807) is 24.4 Å². The SMILES string of the molecule is OC(Cc1ccnc2ccccc12)c1ccccc1F. The van der Waals surface area contributed by atoms with Crippen molar-refractivity contribution < 1.29 is 9.50 Å². The maximum atomic E-state index is 13.7. The third-order valence-corrected chi connectivity index (χ3v) is 3.42. The smallest absolute Gasteiger partial charge is 0.129 e. The molecular formula is C17H14FNO. The van der Waals surface area contributed by atoms with E-state index in [1.807, 2.05) is 30.3 Å². The zero-order valence-corrected chi connectivity index (χ0v) is 10.8.